The molecule has 0 atom stereocenters. The van der Waals surface area contributed by atoms with E-state index in [1.165, 1.54) is 0 Å². The average molecular weight is 345 g/mol. The summed E-state index contributed by atoms with van der Waals surface area (Å²) in [5, 5.41) is 0. The summed E-state index contributed by atoms with van der Waals surface area (Å²) in [5.41, 5.74) is 2.14. The van der Waals surface area contributed by atoms with Crippen LogP contribution in [0.2, 0.25) is 0 Å². The van der Waals surface area contributed by atoms with E-state index < -0.39 is 0 Å². The standard InChI is InChI=1S/C18H15N7O/c1-26-15-11-23-14(16(24-15)13-5-2-3-6-19-13)12-25-10-9-22-18(25)17-20-7-4-8-21-17/h2-11H,12H2,1H3. The first kappa shape index (κ1) is 15.8. The third-order valence-corrected chi connectivity index (χ3v) is 3.74. The number of methoxy groups -OCH3 is 1. The van der Waals surface area contributed by atoms with E-state index in [-0.39, 0.29) is 0 Å². The SMILES string of the molecule is COc1cnc(Cn2ccnc2-c2ncccn2)c(-c2ccccn2)n1. The highest BCUT2D eigenvalue weighted by Gasteiger charge is 2.15. The molecule has 0 N–H and O–H groups in total. The zero-order valence-corrected chi connectivity index (χ0v) is 14.0. The molecule has 0 bridgehead atoms. The number of rotatable bonds is 5. The molecule has 0 saturated heterocycles. The highest BCUT2D eigenvalue weighted by molar-refractivity contribution is 5.57. The molecule has 4 aromatic heterocycles. The number of pyridine rings is 1. The molecule has 8 heteroatoms. The van der Waals surface area contributed by atoms with Gasteiger partial charge in [-0.3, -0.25) is 9.97 Å². The van der Waals surface area contributed by atoms with Gasteiger partial charge >= 0.3 is 0 Å². The van der Waals surface area contributed by atoms with E-state index in [2.05, 4.69) is 29.9 Å². The Bertz CT molecular complexity index is 1000. The van der Waals surface area contributed by atoms with Gasteiger partial charge in [-0.2, -0.15) is 0 Å². The van der Waals surface area contributed by atoms with Crippen LogP contribution in [0, 0.1) is 0 Å². The molecular weight excluding hydrogens is 330 g/mol. The highest BCUT2D eigenvalue weighted by atomic mass is 16.5. The second-order valence-electron chi connectivity index (χ2n) is 5.37. The van der Waals surface area contributed by atoms with E-state index in [4.69, 9.17) is 4.74 Å². The molecule has 0 aromatic carbocycles. The molecule has 0 fully saturated rings. The van der Waals surface area contributed by atoms with Crippen LogP contribution >= 0.6 is 0 Å². The smallest absolute Gasteiger partial charge is 0.232 e. The van der Waals surface area contributed by atoms with Crippen LogP contribution in [0.15, 0.2) is 61.4 Å². The molecule has 0 radical (unpaired) electrons. The summed E-state index contributed by atoms with van der Waals surface area (Å²) in [6, 6.07) is 7.43. The number of hydrogen-bond donors (Lipinski definition) is 0. The lowest BCUT2D eigenvalue weighted by molar-refractivity contribution is 0.395. The molecule has 128 valence electrons. The van der Waals surface area contributed by atoms with Crippen molar-refractivity contribution in [3.8, 4) is 28.9 Å². The summed E-state index contributed by atoms with van der Waals surface area (Å²) in [6.07, 6.45) is 10.3. The third-order valence-electron chi connectivity index (χ3n) is 3.74. The van der Waals surface area contributed by atoms with Gasteiger partial charge in [-0.05, 0) is 18.2 Å². The molecule has 0 spiro atoms. The van der Waals surface area contributed by atoms with E-state index in [0.29, 0.717) is 29.8 Å². The van der Waals surface area contributed by atoms with E-state index in [9.17, 15) is 0 Å². The second-order valence-corrected chi connectivity index (χ2v) is 5.37. The van der Waals surface area contributed by atoms with E-state index in [1.54, 1.807) is 44.2 Å². The molecule has 0 saturated carbocycles. The number of imidazole rings is 1. The van der Waals surface area contributed by atoms with Crippen LogP contribution in [0.1, 0.15) is 5.69 Å². The van der Waals surface area contributed by atoms with Gasteiger partial charge in [-0.25, -0.2) is 19.9 Å². The van der Waals surface area contributed by atoms with Gasteiger partial charge in [0.2, 0.25) is 5.88 Å². The Morgan fingerprint density at radius 1 is 0.923 bits per heavy atom. The maximum Gasteiger partial charge on any atom is 0.232 e. The molecule has 4 rings (SSSR count). The first-order chi connectivity index (χ1) is 12.8. The molecule has 4 heterocycles. The summed E-state index contributed by atoms with van der Waals surface area (Å²) < 4.78 is 7.15. The van der Waals surface area contributed by atoms with Crippen LogP contribution in [0.25, 0.3) is 23.0 Å². The average Bonchev–Trinajstić information content (AvgIpc) is 3.18. The van der Waals surface area contributed by atoms with Crippen molar-refractivity contribution in [1.82, 2.24) is 34.5 Å². The molecular formula is C18H15N7O. The molecule has 0 aliphatic rings. The third kappa shape index (κ3) is 3.12. The monoisotopic (exact) mass is 345 g/mol. The topological polar surface area (TPSA) is 91.5 Å². The van der Waals surface area contributed by atoms with Crippen molar-refractivity contribution in [3.63, 3.8) is 0 Å². The Hall–Kier alpha value is -3.68. The van der Waals surface area contributed by atoms with Crippen molar-refractivity contribution < 1.29 is 4.74 Å². The fourth-order valence-electron chi connectivity index (χ4n) is 2.54. The van der Waals surface area contributed by atoms with E-state index >= 15 is 0 Å². The van der Waals surface area contributed by atoms with Crippen molar-refractivity contribution >= 4 is 0 Å². The van der Waals surface area contributed by atoms with Crippen LogP contribution in [-0.2, 0) is 6.54 Å². The summed E-state index contributed by atoms with van der Waals surface area (Å²) in [6.45, 7) is 0.455. The minimum Gasteiger partial charge on any atom is -0.480 e. The van der Waals surface area contributed by atoms with Crippen LogP contribution < -0.4 is 4.74 Å². The lowest BCUT2D eigenvalue weighted by atomic mass is 10.2. The Labute approximate surface area is 149 Å². The van der Waals surface area contributed by atoms with Gasteiger partial charge in [0.1, 0.15) is 5.69 Å². The van der Waals surface area contributed by atoms with Crippen molar-refractivity contribution in [3.05, 3.63) is 67.1 Å². The lowest BCUT2D eigenvalue weighted by Crippen LogP contribution is -2.08. The molecule has 0 unspecified atom stereocenters. The summed E-state index contributed by atoms with van der Waals surface area (Å²) in [4.78, 5) is 26.3. The fourth-order valence-corrected chi connectivity index (χ4v) is 2.54. The Morgan fingerprint density at radius 3 is 2.54 bits per heavy atom. The summed E-state index contributed by atoms with van der Waals surface area (Å²) in [7, 11) is 1.56. The molecule has 26 heavy (non-hydrogen) atoms. The van der Waals surface area contributed by atoms with Crippen molar-refractivity contribution in [2.24, 2.45) is 0 Å². The van der Waals surface area contributed by atoms with Gasteiger partial charge in [0, 0.05) is 31.0 Å². The van der Waals surface area contributed by atoms with Gasteiger partial charge in [0.15, 0.2) is 11.6 Å². The molecule has 0 aliphatic carbocycles. The molecule has 0 amide bonds. The van der Waals surface area contributed by atoms with Crippen molar-refractivity contribution in [2.75, 3.05) is 7.11 Å². The molecule has 4 aromatic rings. The van der Waals surface area contributed by atoms with Crippen molar-refractivity contribution in [2.45, 2.75) is 6.54 Å². The fraction of sp³-hybridized carbons (Fsp3) is 0.111. The Balaban J connectivity index is 1.75. The maximum atomic E-state index is 5.22. The Kier molecular flexibility index (Phi) is 4.29. The highest BCUT2D eigenvalue weighted by Crippen LogP contribution is 2.22. The predicted octanol–water partition coefficient (Wildman–Crippen LogP) is 2.25. The number of hydrogen-bond acceptors (Lipinski definition) is 7. The van der Waals surface area contributed by atoms with Gasteiger partial charge < -0.3 is 9.30 Å². The first-order valence-electron chi connectivity index (χ1n) is 7.95. The van der Waals surface area contributed by atoms with E-state index in [0.717, 1.165) is 11.4 Å². The largest absolute Gasteiger partial charge is 0.480 e. The minimum atomic E-state index is 0.437. The van der Waals surface area contributed by atoms with Crippen molar-refractivity contribution in [1.29, 1.82) is 0 Å². The molecule has 8 nitrogen and oxygen atoms in total. The zero-order valence-electron chi connectivity index (χ0n) is 14.0. The Morgan fingerprint density at radius 2 is 1.77 bits per heavy atom. The van der Waals surface area contributed by atoms with Gasteiger partial charge in [0.25, 0.3) is 0 Å². The normalized spacial score (nSPS) is 10.7. The quantitative estimate of drug-likeness (QED) is 0.548. The van der Waals surface area contributed by atoms with E-state index in [1.807, 2.05) is 29.0 Å². The first-order valence-corrected chi connectivity index (χ1v) is 7.95. The predicted molar refractivity (Wildman–Crippen MR) is 94.2 cm³/mol. The van der Waals surface area contributed by atoms with Crippen LogP contribution in [0.4, 0.5) is 0 Å². The maximum absolute atomic E-state index is 5.22. The summed E-state index contributed by atoms with van der Waals surface area (Å²) in [5.74, 6) is 1.65. The molecule has 0 aliphatic heterocycles. The van der Waals surface area contributed by atoms with Gasteiger partial charge in [0.05, 0.1) is 31.2 Å². The number of ether oxygens (including phenoxy) is 1. The number of nitrogens with zero attached hydrogens (tertiary/aromatic N) is 7. The van der Waals surface area contributed by atoms with Gasteiger partial charge in [-0.1, -0.05) is 6.07 Å². The zero-order chi connectivity index (χ0) is 17.8. The number of aromatic nitrogens is 7. The van der Waals surface area contributed by atoms with Crippen LogP contribution in [-0.4, -0.2) is 41.6 Å². The lowest BCUT2D eigenvalue weighted by Gasteiger charge is -2.11. The second kappa shape index (κ2) is 7.06. The van der Waals surface area contributed by atoms with Gasteiger partial charge in [-0.15, -0.1) is 0 Å². The van der Waals surface area contributed by atoms with Crippen LogP contribution in [0.5, 0.6) is 5.88 Å². The minimum absolute atomic E-state index is 0.437. The summed E-state index contributed by atoms with van der Waals surface area (Å²) >= 11 is 0. The van der Waals surface area contributed by atoms with Crippen LogP contribution in [0.3, 0.4) is 0 Å².